The van der Waals surface area contributed by atoms with E-state index in [-0.39, 0.29) is 17.9 Å². The van der Waals surface area contributed by atoms with Gasteiger partial charge in [0.1, 0.15) is 0 Å². The van der Waals surface area contributed by atoms with E-state index < -0.39 is 11.6 Å². The molecule has 0 radical (unpaired) electrons. The molecule has 98 valence electrons. The number of fused-ring (bicyclic) bond motifs is 2. The van der Waals surface area contributed by atoms with Gasteiger partial charge in [0, 0.05) is 18.6 Å². The van der Waals surface area contributed by atoms with Crippen molar-refractivity contribution in [1.82, 2.24) is 4.90 Å². The number of hydrogen-bond donors (Lipinski definition) is 2. The van der Waals surface area contributed by atoms with Gasteiger partial charge in [-0.1, -0.05) is 13.8 Å². The molecule has 4 atom stereocenters. The lowest BCUT2D eigenvalue weighted by atomic mass is 9.89. The SMILES string of the molecule is CC(C)C(C)(O)CN1C2CCC1C(C(=O)O)C2. The summed E-state index contributed by atoms with van der Waals surface area (Å²) in [6.45, 7) is 6.47. The van der Waals surface area contributed by atoms with Crippen LogP contribution in [0.1, 0.15) is 40.0 Å². The fraction of sp³-hybridized carbons (Fsp3) is 0.923. The molecule has 0 spiro atoms. The topological polar surface area (TPSA) is 60.8 Å². The summed E-state index contributed by atoms with van der Waals surface area (Å²) >= 11 is 0. The highest BCUT2D eigenvalue weighted by Crippen LogP contribution is 2.42. The van der Waals surface area contributed by atoms with Gasteiger partial charge in [-0.3, -0.25) is 9.69 Å². The Bertz CT molecular complexity index is 314. The molecule has 2 heterocycles. The third kappa shape index (κ3) is 2.20. The van der Waals surface area contributed by atoms with Crippen LogP contribution in [0, 0.1) is 11.8 Å². The third-order valence-electron chi connectivity index (χ3n) is 4.74. The molecule has 0 saturated carbocycles. The smallest absolute Gasteiger partial charge is 0.308 e. The van der Waals surface area contributed by atoms with Gasteiger partial charge in [-0.25, -0.2) is 0 Å². The number of carbonyl (C=O) groups is 1. The second-order valence-electron chi connectivity index (χ2n) is 6.16. The van der Waals surface area contributed by atoms with Crippen molar-refractivity contribution in [2.24, 2.45) is 11.8 Å². The summed E-state index contributed by atoms with van der Waals surface area (Å²) in [5.41, 5.74) is -0.728. The first-order valence-corrected chi connectivity index (χ1v) is 6.54. The molecule has 2 N–H and O–H groups in total. The van der Waals surface area contributed by atoms with Crippen molar-refractivity contribution in [2.75, 3.05) is 6.54 Å². The average molecular weight is 241 g/mol. The maximum Gasteiger partial charge on any atom is 0.308 e. The Kier molecular flexibility index (Phi) is 3.21. The number of aliphatic carboxylic acids is 1. The van der Waals surface area contributed by atoms with E-state index in [9.17, 15) is 15.0 Å². The van der Waals surface area contributed by atoms with E-state index in [1.54, 1.807) is 0 Å². The highest BCUT2D eigenvalue weighted by molar-refractivity contribution is 5.71. The van der Waals surface area contributed by atoms with Crippen LogP contribution >= 0.6 is 0 Å². The predicted octanol–water partition coefficient (Wildman–Crippen LogP) is 1.33. The van der Waals surface area contributed by atoms with E-state index in [4.69, 9.17) is 0 Å². The van der Waals surface area contributed by atoms with Crippen LogP contribution < -0.4 is 0 Å². The number of hydrogen-bond acceptors (Lipinski definition) is 3. The number of aliphatic hydroxyl groups is 1. The monoisotopic (exact) mass is 241 g/mol. The van der Waals surface area contributed by atoms with Crippen LogP contribution in [0.4, 0.5) is 0 Å². The Morgan fingerprint density at radius 3 is 2.59 bits per heavy atom. The Morgan fingerprint density at radius 1 is 1.47 bits per heavy atom. The van der Waals surface area contributed by atoms with E-state index in [0.29, 0.717) is 12.6 Å². The highest BCUT2D eigenvalue weighted by atomic mass is 16.4. The summed E-state index contributed by atoms with van der Waals surface area (Å²) in [5.74, 6) is -0.714. The largest absolute Gasteiger partial charge is 0.481 e. The number of rotatable bonds is 4. The molecule has 0 aromatic carbocycles. The zero-order chi connectivity index (χ0) is 12.8. The van der Waals surface area contributed by atoms with Gasteiger partial charge in [-0.2, -0.15) is 0 Å². The fourth-order valence-electron chi connectivity index (χ4n) is 3.17. The molecule has 2 bridgehead atoms. The van der Waals surface area contributed by atoms with Crippen LogP contribution in [-0.2, 0) is 4.79 Å². The van der Waals surface area contributed by atoms with E-state index in [2.05, 4.69) is 4.90 Å². The highest BCUT2D eigenvalue weighted by Gasteiger charge is 2.50. The predicted molar refractivity (Wildman–Crippen MR) is 64.7 cm³/mol. The Balaban J connectivity index is 2.07. The van der Waals surface area contributed by atoms with Gasteiger partial charge in [-0.15, -0.1) is 0 Å². The summed E-state index contributed by atoms with van der Waals surface area (Å²) < 4.78 is 0. The Hall–Kier alpha value is -0.610. The van der Waals surface area contributed by atoms with Crippen LogP contribution in [0.3, 0.4) is 0 Å². The molecule has 4 unspecified atom stereocenters. The van der Waals surface area contributed by atoms with Crippen LogP contribution in [-0.4, -0.2) is 45.3 Å². The maximum atomic E-state index is 11.1. The quantitative estimate of drug-likeness (QED) is 0.779. The van der Waals surface area contributed by atoms with Gasteiger partial charge in [0.15, 0.2) is 0 Å². The maximum absolute atomic E-state index is 11.1. The molecule has 17 heavy (non-hydrogen) atoms. The van der Waals surface area contributed by atoms with Crippen molar-refractivity contribution in [2.45, 2.75) is 57.7 Å². The van der Waals surface area contributed by atoms with Gasteiger partial charge in [0.25, 0.3) is 0 Å². The van der Waals surface area contributed by atoms with Gasteiger partial charge in [0.2, 0.25) is 0 Å². The molecular weight excluding hydrogens is 218 g/mol. The Morgan fingerprint density at radius 2 is 2.12 bits per heavy atom. The van der Waals surface area contributed by atoms with Gasteiger partial charge in [0.05, 0.1) is 11.5 Å². The normalized spacial score (nSPS) is 36.4. The molecule has 2 aliphatic rings. The second-order valence-corrected chi connectivity index (χ2v) is 6.16. The first-order valence-electron chi connectivity index (χ1n) is 6.54. The second kappa shape index (κ2) is 4.25. The number of nitrogens with zero attached hydrogens (tertiary/aromatic N) is 1. The van der Waals surface area contributed by atoms with Crippen molar-refractivity contribution < 1.29 is 15.0 Å². The average Bonchev–Trinajstić information content (AvgIpc) is 2.74. The van der Waals surface area contributed by atoms with Crippen LogP contribution in [0.5, 0.6) is 0 Å². The minimum atomic E-state index is -0.728. The molecule has 0 amide bonds. The first kappa shape index (κ1) is 12.8. The van der Waals surface area contributed by atoms with Crippen LogP contribution in [0.2, 0.25) is 0 Å². The Labute approximate surface area is 103 Å². The van der Waals surface area contributed by atoms with E-state index in [0.717, 1.165) is 19.3 Å². The minimum Gasteiger partial charge on any atom is -0.481 e. The number of carboxylic acid groups (broad SMARTS) is 1. The molecule has 2 rings (SSSR count). The zero-order valence-electron chi connectivity index (χ0n) is 10.9. The molecule has 0 aromatic heterocycles. The van der Waals surface area contributed by atoms with Gasteiger partial charge >= 0.3 is 5.97 Å². The van der Waals surface area contributed by atoms with Crippen molar-refractivity contribution in [3.63, 3.8) is 0 Å². The molecule has 2 fully saturated rings. The van der Waals surface area contributed by atoms with Crippen LogP contribution in [0.25, 0.3) is 0 Å². The minimum absolute atomic E-state index is 0.141. The summed E-state index contributed by atoms with van der Waals surface area (Å²) in [7, 11) is 0. The molecule has 0 aliphatic carbocycles. The fourth-order valence-corrected chi connectivity index (χ4v) is 3.17. The first-order chi connectivity index (χ1) is 7.83. The summed E-state index contributed by atoms with van der Waals surface area (Å²) in [6.07, 6.45) is 2.81. The van der Waals surface area contributed by atoms with Crippen molar-refractivity contribution in [3.05, 3.63) is 0 Å². The van der Waals surface area contributed by atoms with Crippen LogP contribution in [0.15, 0.2) is 0 Å². The molecule has 2 saturated heterocycles. The standard InChI is InChI=1S/C13H23NO3/c1-8(2)13(3,17)7-14-9-4-5-11(14)10(6-9)12(15)16/h8-11,17H,4-7H2,1-3H3,(H,15,16). The van der Waals surface area contributed by atoms with Gasteiger partial charge in [-0.05, 0) is 32.1 Å². The molecular formula is C13H23NO3. The lowest BCUT2D eigenvalue weighted by Crippen LogP contribution is -2.47. The third-order valence-corrected chi connectivity index (χ3v) is 4.74. The molecule has 4 nitrogen and oxygen atoms in total. The molecule has 0 aromatic rings. The molecule has 4 heteroatoms. The lowest BCUT2D eigenvalue weighted by molar-refractivity contribution is -0.142. The van der Waals surface area contributed by atoms with E-state index in [1.165, 1.54) is 0 Å². The van der Waals surface area contributed by atoms with E-state index in [1.807, 2.05) is 20.8 Å². The van der Waals surface area contributed by atoms with Crippen molar-refractivity contribution in [3.8, 4) is 0 Å². The molecule has 2 aliphatic heterocycles. The van der Waals surface area contributed by atoms with Crippen molar-refractivity contribution >= 4 is 5.97 Å². The summed E-state index contributed by atoms with van der Waals surface area (Å²) in [4.78, 5) is 13.4. The van der Waals surface area contributed by atoms with Crippen molar-refractivity contribution in [1.29, 1.82) is 0 Å². The zero-order valence-corrected chi connectivity index (χ0v) is 10.9. The van der Waals surface area contributed by atoms with Gasteiger partial charge < -0.3 is 10.2 Å². The number of carboxylic acids is 1. The summed E-state index contributed by atoms with van der Waals surface area (Å²) in [6, 6.07) is 0.508. The van der Waals surface area contributed by atoms with E-state index >= 15 is 0 Å². The lowest BCUT2D eigenvalue weighted by Gasteiger charge is -2.35. The summed E-state index contributed by atoms with van der Waals surface area (Å²) in [5, 5.41) is 19.5.